The molecule has 0 aliphatic carbocycles. The van der Waals surface area contributed by atoms with Crippen LogP contribution in [0.25, 0.3) is 11.4 Å². The van der Waals surface area contributed by atoms with Gasteiger partial charge in [0.25, 0.3) is 0 Å². The molecule has 194 valence electrons. The molecule has 0 atom stereocenters. The van der Waals surface area contributed by atoms with E-state index in [0.29, 0.717) is 35.7 Å². The molecule has 1 aromatic carbocycles. The van der Waals surface area contributed by atoms with Crippen molar-refractivity contribution in [3.05, 3.63) is 30.0 Å². The molecule has 0 amide bonds. The van der Waals surface area contributed by atoms with E-state index in [2.05, 4.69) is 73.8 Å². The van der Waals surface area contributed by atoms with Crippen molar-refractivity contribution in [2.45, 2.75) is 63.8 Å². The molecule has 0 bridgehead atoms. The van der Waals surface area contributed by atoms with Gasteiger partial charge in [0.2, 0.25) is 11.8 Å². The van der Waals surface area contributed by atoms with Gasteiger partial charge in [0.1, 0.15) is 17.1 Å². The zero-order chi connectivity index (χ0) is 26.3. The summed E-state index contributed by atoms with van der Waals surface area (Å²) in [5.41, 5.74) is -0.260. The lowest BCUT2D eigenvalue weighted by atomic mass is 9.77. The SMILES string of the molecule is COc1cc(Nc2ncc(C(F)(F)F)c(NC3CC(C)(C)N(C)C(C)(C)C3)n2)cc(-c2nn[nH]n2)c1. The van der Waals surface area contributed by atoms with Gasteiger partial charge in [-0.15, -0.1) is 10.2 Å². The molecule has 10 nitrogen and oxygen atoms in total. The quantitative estimate of drug-likeness (QED) is 0.445. The van der Waals surface area contributed by atoms with E-state index in [1.165, 1.54) is 7.11 Å². The molecule has 1 aliphatic rings. The number of aromatic nitrogens is 6. The summed E-state index contributed by atoms with van der Waals surface area (Å²) in [5.74, 6) is 0.563. The number of halogens is 3. The normalized spacial score (nSPS) is 18.1. The van der Waals surface area contributed by atoms with Crippen molar-refractivity contribution in [2.75, 3.05) is 24.8 Å². The summed E-state index contributed by atoms with van der Waals surface area (Å²) in [6.07, 6.45) is -2.51. The van der Waals surface area contributed by atoms with Crippen LogP contribution in [0.1, 0.15) is 46.1 Å². The minimum absolute atomic E-state index is 0.00395. The van der Waals surface area contributed by atoms with E-state index in [0.717, 1.165) is 6.20 Å². The Morgan fingerprint density at radius 1 is 1.11 bits per heavy atom. The third kappa shape index (κ3) is 5.35. The van der Waals surface area contributed by atoms with Gasteiger partial charge in [-0.05, 0) is 64.9 Å². The smallest absolute Gasteiger partial charge is 0.421 e. The number of rotatable bonds is 6. The standard InChI is InChI=1S/C23H30F3N9O/c1-21(2)10-15(11-22(3,4)35(21)5)28-19-17(23(24,25)26)12-27-20(30-19)29-14-7-13(8-16(9-14)36-6)18-31-33-34-32-18/h7-9,12,15H,10-11H2,1-6H3,(H2,27,28,29,30)(H,31,32,33,34). The second-order valence-electron chi connectivity index (χ2n) is 10.2. The van der Waals surface area contributed by atoms with Crippen LogP contribution in [-0.4, -0.2) is 66.8 Å². The Kier molecular flexibility index (Phi) is 6.54. The largest absolute Gasteiger partial charge is 0.497 e. The van der Waals surface area contributed by atoms with Gasteiger partial charge >= 0.3 is 6.18 Å². The minimum Gasteiger partial charge on any atom is -0.497 e. The molecule has 0 spiro atoms. The topological polar surface area (TPSA) is 117 Å². The predicted molar refractivity (Wildman–Crippen MR) is 129 cm³/mol. The monoisotopic (exact) mass is 505 g/mol. The van der Waals surface area contributed by atoms with Crippen molar-refractivity contribution in [1.29, 1.82) is 0 Å². The number of hydrogen-bond acceptors (Lipinski definition) is 9. The van der Waals surface area contributed by atoms with Gasteiger partial charge in [-0.3, -0.25) is 4.90 Å². The number of alkyl halides is 3. The maximum atomic E-state index is 13.8. The van der Waals surface area contributed by atoms with Gasteiger partial charge in [-0.25, -0.2) is 4.98 Å². The second kappa shape index (κ2) is 9.19. The van der Waals surface area contributed by atoms with Crippen LogP contribution in [-0.2, 0) is 6.18 Å². The Morgan fingerprint density at radius 2 is 1.81 bits per heavy atom. The molecule has 3 aromatic rings. The van der Waals surface area contributed by atoms with Crippen LogP contribution in [0.2, 0.25) is 0 Å². The summed E-state index contributed by atoms with van der Waals surface area (Å²) in [6, 6.07) is 4.86. The number of methoxy groups -OCH3 is 1. The van der Waals surface area contributed by atoms with Crippen LogP contribution in [0.3, 0.4) is 0 Å². The highest BCUT2D eigenvalue weighted by atomic mass is 19.4. The molecule has 3 N–H and O–H groups in total. The van der Waals surface area contributed by atoms with Crippen molar-refractivity contribution >= 4 is 17.5 Å². The van der Waals surface area contributed by atoms with E-state index in [9.17, 15) is 13.2 Å². The predicted octanol–water partition coefficient (Wildman–Crippen LogP) is 4.49. The maximum absolute atomic E-state index is 13.8. The summed E-state index contributed by atoms with van der Waals surface area (Å²) in [4.78, 5) is 10.4. The summed E-state index contributed by atoms with van der Waals surface area (Å²) in [5, 5.41) is 19.9. The van der Waals surface area contributed by atoms with Crippen LogP contribution < -0.4 is 15.4 Å². The molecule has 1 fully saturated rings. The Hall–Kier alpha value is -3.48. The van der Waals surface area contributed by atoms with E-state index in [1.54, 1.807) is 18.2 Å². The zero-order valence-corrected chi connectivity index (χ0v) is 21.0. The molecule has 36 heavy (non-hydrogen) atoms. The van der Waals surface area contributed by atoms with Crippen LogP contribution in [0.4, 0.5) is 30.6 Å². The number of likely N-dealkylation sites (tertiary alicyclic amines) is 1. The number of hydrogen-bond donors (Lipinski definition) is 3. The van der Waals surface area contributed by atoms with Crippen LogP contribution in [0.15, 0.2) is 24.4 Å². The highest BCUT2D eigenvalue weighted by Gasteiger charge is 2.44. The van der Waals surface area contributed by atoms with Gasteiger partial charge in [0.15, 0.2) is 0 Å². The second-order valence-corrected chi connectivity index (χ2v) is 10.2. The van der Waals surface area contributed by atoms with Crippen molar-refractivity contribution in [3.8, 4) is 17.1 Å². The molecule has 4 rings (SSSR count). The van der Waals surface area contributed by atoms with E-state index >= 15 is 0 Å². The van der Waals surface area contributed by atoms with Crippen LogP contribution >= 0.6 is 0 Å². The average molecular weight is 506 g/mol. The summed E-state index contributed by atoms with van der Waals surface area (Å²) >= 11 is 0. The third-order valence-electron chi connectivity index (χ3n) is 6.74. The minimum atomic E-state index is -4.61. The fraction of sp³-hybridized carbons (Fsp3) is 0.522. The summed E-state index contributed by atoms with van der Waals surface area (Å²) in [6.45, 7) is 8.35. The first-order valence-corrected chi connectivity index (χ1v) is 11.4. The number of anilines is 3. The number of piperidine rings is 1. The number of nitrogens with zero attached hydrogens (tertiary/aromatic N) is 6. The van der Waals surface area contributed by atoms with Gasteiger partial charge in [0.05, 0.1) is 7.11 Å². The van der Waals surface area contributed by atoms with Gasteiger partial charge in [0, 0.05) is 40.6 Å². The molecule has 0 saturated carbocycles. The van der Waals surface area contributed by atoms with Crippen molar-refractivity contribution < 1.29 is 17.9 Å². The Bertz CT molecular complexity index is 1190. The molecule has 3 heterocycles. The molecule has 0 radical (unpaired) electrons. The number of nitrogens with one attached hydrogen (secondary N) is 3. The molecular formula is C23H30F3N9O. The van der Waals surface area contributed by atoms with Gasteiger partial charge in [-0.2, -0.15) is 23.4 Å². The lowest BCUT2D eigenvalue weighted by molar-refractivity contribution is -0.137. The van der Waals surface area contributed by atoms with Gasteiger partial charge < -0.3 is 15.4 Å². The fourth-order valence-corrected chi connectivity index (χ4v) is 4.76. The lowest BCUT2D eigenvalue weighted by Crippen LogP contribution is -2.61. The van der Waals surface area contributed by atoms with Crippen LogP contribution in [0, 0.1) is 0 Å². The first-order valence-electron chi connectivity index (χ1n) is 11.4. The molecule has 2 aromatic heterocycles. The van der Waals surface area contributed by atoms with Gasteiger partial charge in [-0.1, -0.05) is 0 Å². The van der Waals surface area contributed by atoms with E-state index in [4.69, 9.17) is 4.74 Å². The number of H-pyrrole nitrogens is 1. The zero-order valence-electron chi connectivity index (χ0n) is 21.0. The van der Waals surface area contributed by atoms with Crippen molar-refractivity contribution in [3.63, 3.8) is 0 Å². The molecule has 1 aliphatic heterocycles. The highest BCUT2D eigenvalue weighted by Crippen LogP contribution is 2.40. The first kappa shape index (κ1) is 25.6. The number of aromatic amines is 1. The van der Waals surface area contributed by atoms with Crippen molar-refractivity contribution in [2.24, 2.45) is 0 Å². The molecular weight excluding hydrogens is 475 g/mol. The van der Waals surface area contributed by atoms with E-state index < -0.39 is 11.7 Å². The molecule has 1 saturated heterocycles. The maximum Gasteiger partial charge on any atom is 0.421 e. The fourth-order valence-electron chi connectivity index (χ4n) is 4.76. The Labute approximate surface area is 207 Å². The number of ether oxygens (including phenoxy) is 1. The number of tetrazole rings is 1. The Morgan fingerprint density at radius 3 is 2.39 bits per heavy atom. The average Bonchev–Trinajstić information content (AvgIpc) is 3.31. The van der Waals surface area contributed by atoms with E-state index in [-0.39, 0.29) is 28.9 Å². The first-order chi connectivity index (χ1) is 16.8. The highest BCUT2D eigenvalue weighted by molar-refractivity contribution is 5.68. The van der Waals surface area contributed by atoms with E-state index in [1.807, 2.05) is 7.05 Å². The van der Waals surface area contributed by atoms with Crippen molar-refractivity contribution in [1.82, 2.24) is 35.5 Å². The number of benzene rings is 1. The molecule has 0 unspecified atom stereocenters. The molecule has 13 heteroatoms. The summed E-state index contributed by atoms with van der Waals surface area (Å²) in [7, 11) is 3.54. The Balaban J connectivity index is 1.66. The summed E-state index contributed by atoms with van der Waals surface area (Å²) < 4.78 is 46.9. The lowest BCUT2D eigenvalue weighted by Gasteiger charge is -2.53. The third-order valence-corrected chi connectivity index (χ3v) is 6.74. The van der Waals surface area contributed by atoms with Crippen LogP contribution in [0.5, 0.6) is 5.75 Å².